The normalized spacial score (nSPS) is 10.2. The van der Waals surface area contributed by atoms with Gasteiger partial charge in [-0.2, -0.15) is 0 Å². The third-order valence-corrected chi connectivity index (χ3v) is 4.03. The highest BCUT2D eigenvalue weighted by Crippen LogP contribution is 2.19. The highest BCUT2D eigenvalue weighted by atomic mass is 16.5. The first kappa shape index (κ1) is 19.9. The molecule has 29 heavy (non-hydrogen) atoms. The predicted octanol–water partition coefficient (Wildman–Crippen LogP) is 2.78. The Morgan fingerprint density at radius 2 is 1.66 bits per heavy atom. The summed E-state index contributed by atoms with van der Waals surface area (Å²) in [6.07, 6.45) is 2.02. The SMILES string of the molecule is O=C(COC(=O)CNC(=O)c1ccco1)Nc1ccccc1Cc1ccccc1. The minimum Gasteiger partial charge on any atom is -0.459 e. The van der Waals surface area contributed by atoms with E-state index in [1.807, 2.05) is 48.5 Å². The number of anilines is 1. The Hall–Kier alpha value is -3.87. The molecule has 0 aliphatic heterocycles. The van der Waals surface area contributed by atoms with Gasteiger partial charge >= 0.3 is 5.97 Å². The van der Waals surface area contributed by atoms with Gasteiger partial charge < -0.3 is 19.8 Å². The lowest BCUT2D eigenvalue weighted by atomic mass is 10.0. The molecule has 0 atom stereocenters. The number of esters is 1. The topological polar surface area (TPSA) is 97.6 Å². The zero-order chi connectivity index (χ0) is 20.5. The Balaban J connectivity index is 1.47. The first-order valence-corrected chi connectivity index (χ1v) is 9.01. The maximum Gasteiger partial charge on any atom is 0.325 e. The number of rotatable bonds is 8. The molecule has 0 saturated carbocycles. The molecular weight excluding hydrogens is 372 g/mol. The van der Waals surface area contributed by atoms with E-state index >= 15 is 0 Å². The molecule has 2 aromatic carbocycles. The number of carbonyl (C=O) groups excluding carboxylic acids is 3. The Kier molecular flexibility index (Phi) is 6.78. The molecule has 0 bridgehead atoms. The van der Waals surface area contributed by atoms with Crippen molar-refractivity contribution in [3.8, 4) is 0 Å². The second-order valence-electron chi connectivity index (χ2n) is 6.19. The summed E-state index contributed by atoms with van der Waals surface area (Å²) in [6, 6.07) is 20.4. The summed E-state index contributed by atoms with van der Waals surface area (Å²) in [5.41, 5.74) is 2.72. The van der Waals surface area contributed by atoms with Crippen LogP contribution in [0, 0.1) is 0 Å². The van der Waals surface area contributed by atoms with E-state index in [0.717, 1.165) is 11.1 Å². The van der Waals surface area contributed by atoms with E-state index in [2.05, 4.69) is 10.6 Å². The van der Waals surface area contributed by atoms with Gasteiger partial charge in [0.2, 0.25) is 0 Å². The van der Waals surface area contributed by atoms with Crippen molar-refractivity contribution in [3.63, 3.8) is 0 Å². The van der Waals surface area contributed by atoms with Gasteiger partial charge in [-0.25, -0.2) is 0 Å². The molecule has 2 amide bonds. The van der Waals surface area contributed by atoms with Crippen LogP contribution in [0.3, 0.4) is 0 Å². The van der Waals surface area contributed by atoms with Crippen molar-refractivity contribution >= 4 is 23.5 Å². The molecule has 0 unspecified atom stereocenters. The number of furan rings is 1. The van der Waals surface area contributed by atoms with Gasteiger partial charge in [0.1, 0.15) is 6.54 Å². The van der Waals surface area contributed by atoms with Crippen molar-refractivity contribution < 1.29 is 23.5 Å². The van der Waals surface area contributed by atoms with Gasteiger partial charge in [0, 0.05) is 5.69 Å². The number of benzene rings is 2. The van der Waals surface area contributed by atoms with E-state index in [1.165, 1.54) is 12.3 Å². The molecule has 0 spiro atoms. The van der Waals surface area contributed by atoms with Crippen LogP contribution in [0.1, 0.15) is 21.7 Å². The minimum atomic E-state index is -0.724. The van der Waals surface area contributed by atoms with Crippen molar-refractivity contribution in [3.05, 3.63) is 89.9 Å². The molecular formula is C22H20N2O5. The van der Waals surface area contributed by atoms with Crippen molar-refractivity contribution in [2.45, 2.75) is 6.42 Å². The number of amides is 2. The minimum absolute atomic E-state index is 0.0885. The van der Waals surface area contributed by atoms with Gasteiger partial charge in [0.05, 0.1) is 6.26 Å². The quantitative estimate of drug-likeness (QED) is 0.575. The summed E-state index contributed by atoms with van der Waals surface area (Å²) in [5.74, 6) is -1.63. The second-order valence-corrected chi connectivity index (χ2v) is 6.19. The van der Waals surface area contributed by atoms with Gasteiger partial charge in [-0.05, 0) is 35.7 Å². The molecule has 1 aromatic heterocycles. The summed E-state index contributed by atoms with van der Waals surface area (Å²) in [5, 5.41) is 5.11. The number of nitrogens with one attached hydrogen (secondary N) is 2. The van der Waals surface area contributed by atoms with Crippen molar-refractivity contribution in [1.82, 2.24) is 5.32 Å². The van der Waals surface area contributed by atoms with E-state index in [-0.39, 0.29) is 12.3 Å². The fourth-order valence-electron chi connectivity index (χ4n) is 2.64. The van der Waals surface area contributed by atoms with Crippen LogP contribution in [0.15, 0.2) is 77.4 Å². The maximum absolute atomic E-state index is 12.2. The molecule has 0 radical (unpaired) electrons. The van der Waals surface area contributed by atoms with E-state index < -0.39 is 24.4 Å². The van der Waals surface area contributed by atoms with Crippen LogP contribution < -0.4 is 10.6 Å². The first-order valence-electron chi connectivity index (χ1n) is 9.01. The molecule has 3 aromatic rings. The predicted molar refractivity (Wildman–Crippen MR) is 106 cm³/mol. The summed E-state index contributed by atoms with van der Waals surface area (Å²) in [6.45, 7) is -0.813. The van der Waals surface area contributed by atoms with E-state index in [9.17, 15) is 14.4 Å². The summed E-state index contributed by atoms with van der Waals surface area (Å²) < 4.78 is 9.82. The Labute approximate surface area is 167 Å². The second kappa shape index (κ2) is 9.89. The number of carbonyl (C=O) groups is 3. The lowest BCUT2D eigenvalue weighted by Crippen LogP contribution is -2.32. The monoisotopic (exact) mass is 392 g/mol. The third kappa shape index (κ3) is 6.07. The Morgan fingerprint density at radius 3 is 2.41 bits per heavy atom. The molecule has 3 rings (SSSR count). The number of hydrogen-bond acceptors (Lipinski definition) is 5. The zero-order valence-electron chi connectivity index (χ0n) is 15.6. The lowest BCUT2D eigenvalue weighted by molar-refractivity contribution is -0.146. The van der Waals surface area contributed by atoms with Crippen LogP contribution in [0.25, 0.3) is 0 Å². The average Bonchev–Trinajstić information content (AvgIpc) is 3.28. The third-order valence-electron chi connectivity index (χ3n) is 4.03. The average molecular weight is 392 g/mol. The first-order chi connectivity index (χ1) is 14.1. The van der Waals surface area contributed by atoms with Crippen LogP contribution in [-0.2, 0) is 20.7 Å². The Bertz CT molecular complexity index is 968. The van der Waals surface area contributed by atoms with E-state index in [0.29, 0.717) is 12.1 Å². The number of para-hydroxylation sites is 1. The Morgan fingerprint density at radius 1 is 0.897 bits per heavy atom. The molecule has 1 heterocycles. The molecule has 0 fully saturated rings. The lowest BCUT2D eigenvalue weighted by Gasteiger charge is -2.11. The smallest absolute Gasteiger partial charge is 0.325 e. The fraction of sp³-hybridized carbons (Fsp3) is 0.136. The van der Waals surface area contributed by atoms with Crippen LogP contribution in [0.2, 0.25) is 0 Å². The van der Waals surface area contributed by atoms with Gasteiger partial charge in [-0.1, -0.05) is 48.5 Å². The summed E-state index contributed by atoms with van der Waals surface area (Å²) >= 11 is 0. The number of hydrogen-bond donors (Lipinski definition) is 2. The summed E-state index contributed by atoms with van der Waals surface area (Å²) in [4.78, 5) is 35.6. The fourth-order valence-corrected chi connectivity index (χ4v) is 2.64. The van der Waals surface area contributed by atoms with Gasteiger partial charge in [0.25, 0.3) is 11.8 Å². The zero-order valence-corrected chi connectivity index (χ0v) is 15.6. The van der Waals surface area contributed by atoms with Gasteiger partial charge in [-0.3, -0.25) is 14.4 Å². The van der Waals surface area contributed by atoms with Crippen molar-refractivity contribution in [1.29, 1.82) is 0 Å². The summed E-state index contributed by atoms with van der Waals surface area (Å²) in [7, 11) is 0. The molecule has 0 aliphatic carbocycles. The molecule has 0 saturated heterocycles. The van der Waals surface area contributed by atoms with Gasteiger partial charge in [-0.15, -0.1) is 0 Å². The standard InChI is InChI=1S/C22H20N2O5/c25-20(15-29-21(26)14-23-22(27)19-11-6-12-28-19)24-18-10-5-4-9-17(18)13-16-7-2-1-3-8-16/h1-12H,13-15H2,(H,23,27)(H,24,25). The maximum atomic E-state index is 12.2. The van der Waals surface area contributed by atoms with E-state index in [1.54, 1.807) is 12.1 Å². The van der Waals surface area contributed by atoms with Crippen LogP contribution in [0.5, 0.6) is 0 Å². The number of ether oxygens (including phenoxy) is 1. The molecule has 0 aliphatic rings. The van der Waals surface area contributed by atoms with Gasteiger partial charge in [0.15, 0.2) is 12.4 Å². The van der Waals surface area contributed by atoms with E-state index in [4.69, 9.17) is 9.15 Å². The largest absolute Gasteiger partial charge is 0.459 e. The highest BCUT2D eigenvalue weighted by Gasteiger charge is 2.13. The van der Waals surface area contributed by atoms with Crippen molar-refractivity contribution in [2.24, 2.45) is 0 Å². The van der Waals surface area contributed by atoms with Crippen LogP contribution in [-0.4, -0.2) is 30.9 Å². The van der Waals surface area contributed by atoms with Crippen LogP contribution >= 0.6 is 0 Å². The molecule has 7 nitrogen and oxygen atoms in total. The van der Waals surface area contributed by atoms with Crippen molar-refractivity contribution in [2.75, 3.05) is 18.5 Å². The highest BCUT2D eigenvalue weighted by molar-refractivity contribution is 5.95. The van der Waals surface area contributed by atoms with Crippen LogP contribution in [0.4, 0.5) is 5.69 Å². The molecule has 148 valence electrons. The molecule has 7 heteroatoms. The molecule has 2 N–H and O–H groups in total.